The zero-order valence-corrected chi connectivity index (χ0v) is 15.3. The lowest BCUT2D eigenvalue weighted by atomic mass is 10.1. The molecule has 9 heteroatoms. The zero-order chi connectivity index (χ0) is 20.2. The standard InChI is InChI=1S/C20H18FN5O3/c21-16-10-15(6-7-17(16)26-12-22-11-23-26)24-19(27)13-3-1-4-14(9-13)25-20(28)18-5-2-8-29-18/h1,3-4,6-7,9-12,18H,2,5,8H2,(H,24,27)(H,25,28). The number of amides is 2. The monoisotopic (exact) mass is 395 g/mol. The van der Waals surface area contributed by atoms with Crippen LogP contribution in [0.1, 0.15) is 23.2 Å². The number of nitrogens with zero attached hydrogens (tertiary/aromatic N) is 3. The molecule has 0 spiro atoms. The summed E-state index contributed by atoms with van der Waals surface area (Å²) in [5.41, 5.74) is 1.34. The highest BCUT2D eigenvalue weighted by atomic mass is 19.1. The van der Waals surface area contributed by atoms with Crippen LogP contribution in [0.5, 0.6) is 0 Å². The third-order valence-corrected chi connectivity index (χ3v) is 4.49. The number of carbonyl (C=O) groups excluding carboxylic acids is 2. The van der Waals surface area contributed by atoms with Gasteiger partial charge in [0.05, 0.1) is 0 Å². The number of nitrogens with one attached hydrogen (secondary N) is 2. The van der Waals surface area contributed by atoms with Gasteiger partial charge in [0.1, 0.15) is 24.4 Å². The Bertz CT molecular complexity index is 1030. The van der Waals surface area contributed by atoms with Gasteiger partial charge in [-0.3, -0.25) is 9.59 Å². The lowest BCUT2D eigenvalue weighted by Gasteiger charge is -2.12. The van der Waals surface area contributed by atoms with Gasteiger partial charge in [0.2, 0.25) is 0 Å². The van der Waals surface area contributed by atoms with E-state index in [2.05, 4.69) is 20.7 Å². The van der Waals surface area contributed by atoms with E-state index in [-0.39, 0.29) is 11.6 Å². The molecule has 2 aromatic carbocycles. The molecule has 2 heterocycles. The molecule has 8 nitrogen and oxygen atoms in total. The largest absolute Gasteiger partial charge is 0.368 e. The van der Waals surface area contributed by atoms with Gasteiger partial charge in [0.25, 0.3) is 11.8 Å². The van der Waals surface area contributed by atoms with Crippen LogP contribution in [0.15, 0.2) is 55.1 Å². The maximum Gasteiger partial charge on any atom is 0.255 e. The summed E-state index contributed by atoms with van der Waals surface area (Å²) in [6, 6.07) is 10.8. The van der Waals surface area contributed by atoms with E-state index in [1.807, 2.05) is 0 Å². The van der Waals surface area contributed by atoms with Crippen molar-refractivity contribution in [1.82, 2.24) is 14.8 Å². The predicted octanol–water partition coefficient (Wildman–Crippen LogP) is 2.78. The molecule has 2 amide bonds. The molecule has 1 aromatic heterocycles. The first-order valence-corrected chi connectivity index (χ1v) is 9.08. The van der Waals surface area contributed by atoms with Crippen molar-refractivity contribution in [2.24, 2.45) is 0 Å². The van der Waals surface area contributed by atoms with Crippen LogP contribution in [0.25, 0.3) is 5.69 Å². The second-order valence-electron chi connectivity index (χ2n) is 6.53. The minimum Gasteiger partial charge on any atom is -0.368 e. The summed E-state index contributed by atoms with van der Waals surface area (Å²) in [6.45, 7) is 0.576. The molecule has 29 heavy (non-hydrogen) atoms. The Morgan fingerprint density at radius 2 is 2.00 bits per heavy atom. The van der Waals surface area contributed by atoms with Crippen molar-refractivity contribution in [3.8, 4) is 5.69 Å². The Hall–Kier alpha value is -3.59. The summed E-state index contributed by atoms with van der Waals surface area (Å²) in [7, 11) is 0. The highest BCUT2D eigenvalue weighted by Crippen LogP contribution is 2.20. The van der Waals surface area contributed by atoms with Gasteiger partial charge in [0, 0.05) is 23.5 Å². The molecule has 1 fully saturated rings. The predicted molar refractivity (Wildman–Crippen MR) is 103 cm³/mol. The Balaban J connectivity index is 1.44. The fourth-order valence-corrected chi connectivity index (χ4v) is 3.05. The second kappa shape index (κ2) is 8.19. The maximum atomic E-state index is 14.3. The van der Waals surface area contributed by atoms with Gasteiger partial charge in [-0.15, -0.1) is 0 Å². The summed E-state index contributed by atoms with van der Waals surface area (Å²) in [6.07, 6.45) is 3.76. The van der Waals surface area contributed by atoms with Crippen molar-refractivity contribution < 1.29 is 18.7 Å². The Morgan fingerprint density at radius 3 is 2.72 bits per heavy atom. The van der Waals surface area contributed by atoms with Crippen LogP contribution in [0, 0.1) is 5.82 Å². The molecule has 0 saturated carbocycles. The molecule has 1 aliphatic heterocycles. The van der Waals surface area contributed by atoms with Gasteiger partial charge < -0.3 is 15.4 Å². The molecule has 3 aromatic rings. The first kappa shape index (κ1) is 18.8. The van der Waals surface area contributed by atoms with E-state index in [9.17, 15) is 14.0 Å². The first-order valence-electron chi connectivity index (χ1n) is 9.08. The smallest absolute Gasteiger partial charge is 0.255 e. The van der Waals surface area contributed by atoms with Gasteiger partial charge >= 0.3 is 0 Å². The number of benzene rings is 2. The van der Waals surface area contributed by atoms with Crippen LogP contribution < -0.4 is 10.6 Å². The van der Waals surface area contributed by atoms with Crippen molar-refractivity contribution in [1.29, 1.82) is 0 Å². The van der Waals surface area contributed by atoms with Crippen molar-refractivity contribution in [3.05, 3.63) is 66.5 Å². The quantitative estimate of drug-likeness (QED) is 0.692. The van der Waals surface area contributed by atoms with Gasteiger partial charge in [-0.1, -0.05) is 6.07 Å². The second-order valence-corrected chi connectivity index (χ2v) is 6.53. The number of rotatable bonds is 5. The summed E-state index contributed by atoms with van der Waals surface area (Å²) in [5.74, 6) is -1.21. The normalized spacial score (nSPS) is 15.8. The van der Waals surface area contributed by atoms with Crippen LogP contribution >= 0.6 is 0 Å². The molecule has 2 N–H and O–H groups in total. The number of aromatic nitrogens is 3. The third kappa shape index (κ3) is 4.30. The number of hydrogen-bond acceptors (Lipinski definition) is 5. The lowest BCUT2D eigenvalue weighted by molar-refractivity contribution is -0.124. The van der Waals surface area contributed by atoms with Gasteiger partial charge in [-0.05, 0) is 49.2 Å². The topological polar surface area (TPSA) is 98.1 Å². The van der Waals surface area contributed by atoms with Crippen molar-refractivity contribution >= 4 is 23.2 Å². The molecule has 1 saturated heterocycles. The van der Waals surface area contributed by atoms with Crippen LogP contribution in [0.4, 0.5) is 15.8 Å². The van der Waals surface area contributed by atoms with Crippen molar-refractivity contribution in [2.75, 3.05) is 17.2 Å². The number of carbonyl (C=O) groups is 2. The highest BCUT2D eigenvalue weighted by Gasteiger charge is 2.23. The van der Waals surface area contributed by atoms with Crippen molar-refractivity contribution in [2.45, 2.75) is 18.9 Å². The van der Waals surface area contributed by atoms with Crippen LogP contribution in [0.2, 0.25) is 0 Å². The van der Waals surface area contributed by atoms with E-state index < -0.39 is 17.8 Å². The summed E-state index contributed by atoms with van der Waals surface area (Å²) >= 11 is 0. The SMILES string of the molecule is O=C(Nc1ccc(-n2cncn2)c(F)c1)c1cccc(NC(=O)C2CCCO2)c1. The van der Waals surface area contributed by atoms with E-state index in [0.717, 1.165) is 6.42 Å². The van der Waals surface area contributed by atoms with E-state index in [4.69, 9.17) is 4.74 Å². The van der Waals surface area contributed by atoms with E-state index in [1.165, 1.54) is 29.5 Å². The average molecular weight is 395 g/mol. The molecule has 4 rings (SSSR count). The summed E-state index contributed by atoms with van der Waals surface area (Å²) in [5, 5.41) is 9.28. The Kier molecular flexibility index (Phi) is 5.30. The number of anilines is 2. The molecular formula is C20H18FN5O3. The first-order chi connectivity index (χ1) is 14.1. The molecule has 1 unspecified atom stereocenters. The van der Waals surface area contributed by atoms with Crippen molar-refractivity contribution in [3.63, 3.8) is 0 Å². The third-order valence-electron chi connectivity index (χ3n) is 4.49. The molecule has 0 bridgehead atoms. The minimum absolute atomic E-state index is 0.222. The van der Waals surface area contributed by atoms with Gasteiger partial charge in [0.15, 0.2) is 5.82 Å². The fraction of sp³-hybridized carbons (Fsp3) is 0.200. The Morgan fingerprint density at radius 1 is 1.14 bits per heavy atom. The zero-order valence-electron chi connectivity index (χ0n) is 15.3. The van der Waals surface area contributed by atoms with Gasteiger partial charge in [-0.25, -0.2) is 14.1 Å². The molecule has 1 atom stereocenters. The number of halogens is 1. The maximum absolute atomic E-state index is 14.3. The highest BCUT2D eigenvalue weighted by molar-refractivity contribution is 6.05. The van der Waals surface area contributed by atoms with E-state index in [1.54, 1.807) is 30.3 Å². The van der Waals surface area contributed by atoms with Crippen LogP contribution in [-0.2, 0) is 9.53 Å². The molecule has 1 aliphatic rings. The molecular weight excluding hydrogens is 377 g/mol. The lowest BCUT2D eigenvalue weighted by Crippen LogP contribution is -2.27. The number of ether oxygens (including phenoxy) is 1. The van der Waals surface area contributed by atoms with Crippen LogP contribution in [0.3, 0.4) is 0 Å². The van der Waals surface area contributed by atoms with Crippen LogP contribution in [-0.4, -0.2) is 39.3 Å². The van der Waals surface area contributed by atoms with Gasteiger partial charge in [-0.2, -0.15) is 5.10 Å². The van der Waals surface area contributed by atoms with E-state index >= 15 is 0 Å². The molecule has 0 aliphatic carbocycles. The Labute approximate surface area is 165 Å². The molecule has 148 valence electrons. The fourth-order valence-electron chi connectivity index (χ4n) is 3.05. The summed E-state index contributed by atoms with van der Waals surface area (Å²) < 4.78 is 21.0. The molecule has 0 radical (unpaired) electrons. The minimum atomic E-state index is -0.550. The number of hydrogen-bond donors (Lipinski definition) is 2. The summed E-state index contributed by atoms with van der Waals surface area (Å²) in [4.78, 5) is 28.5. The van der Waals surface area contributed by atoms with E-state index in [0.29, 0.717) is 30.0 Å². The average Bonchev–Trinajstić information content (AvgIpc) is 3.42.